The van der Waals surface area contributed by atoms with Crippen molar-refractivity contribution in [3.8, 4) is 0 Å². The van der Waals surface area contributed by atoms with Gasteiger partial charge in [-0.2, -0.15) is 0 Å². The Kier molecular flexibility index (Phi) is 5.05. The van der Waals surface area contributed by atoms with Gasteiger partial charge in [0.2, 0.25) is 0 Å². The van der Waals surface area contributed by atoms with Gasteiger partial charge in [0.25, 0.3) is 0 Å². The summed E-state index contributed by atoms with van der Waals surface area (Å²) in [6.45, 7) is 12.4. The Balaban J connectivity index is 1.48. The van der Waals surface area contributed by atoms with Crippen molar-refractivity contribution >= 4 is 6.21 Å². The van der Waals surface area contributed by atoms with Gasteiger partial charge in [-0.3, -0.25) is 14.7 Å². The van der Waals surface area contributed by atoms with Crippen molar-refractivity contribution in [2.75, 3.05) is 39.6 Å². The van der Waals surface area contributed by atoms with E-state index in [4.69, 9.17) is 9.83 Å². The molecule has 0 radical (unpaired) electrons. The maximum Gasteiger partial charge on any atom is 0.137 e. The molecule has 0 N–H and O–H groups in total. The number of likely N-dealkylation sites (tertiary alicyclic amines) is 1. The van der Waals surface area contributed by atoms with E-state index in [9.17, 15) is 0 Å². The highest BCUT2D eigenvalue weighted by atomic mass is 16.7. The quantitative estimate of drug-likeness (QED) is 0.755. The van der Waals surface area contributed by atoms with Gasteiger partial charge in [0.05, 0.1) is 18.1 Å². The van der Waals surface area contributed by atoms with Crippen LogP contribution >= 0.6 is 0 Å². The van der Waals surface area contributed by atoms with Crippen LogP contribution in [0.3, 0.4) is 0 Å². The Hall–Kier alpha value is -1.79. The van der Waals surface area contributed by atoms with Gasteiger partial charge in [-0.05, 0) is 44.3 Å². The molecule has 0 saturated carbocycles. The normalized spacial score (nSPS) is 23.7. The zero-order valence-corrected chi connectivity index (χ0v) is 16.4. The number of hydrogen-bond donors (Lipinski definition) is 0. The van der Waals surface area contributed by atoms with Crippen LogP contribution in [0.4, 0.5) is 0 Å². The molecule has 0 aromatic carbocycles. The number of fused-ring (bicyclic) bond motifs is 2. The number of aliphatic imine (C=N–C) groups is 1. The van der Waals surface area contributed by atoms with Crippen LogP contribution in [-0.4, -0.2) is 65.6 Å². The highest BCUT2D eigenvalue weighted by Gasteiger charge is 2.35. The standard InChI is InChI=1S/C20H31N5O/c1-4-8-23-12-16(2)17(3)19-20(23)25-14-24(13-18(25)11-21-19)26-15-22-9-6-5-7-10-22/h11,13H,4-10,12,14-15H2,1-3H3. The van der Waals surface area contributed by atoms with Gasteiger partial charge < -0.3 is 9.80 Å². The van der Waals surface area contributed by atoms with Crippen molar-refractivity contribution < 1.29 is 4.84 Å². The highest BCUT2D eigenvalue weighted by Crippen LogP contribution is 2.36. The molecule has 0 atom stereocenters. The van der Waals surface area contributed by atoms with Crippen LogP contribution in [0.5, 0.6) is 0 Å². The average Bonchev–Trinajstić information content (AvgIpc) is 3.08. The molecular weight excluding hydrogens is 326 g/mol. The van der Waals surface area contributed by atoms with Crippen molar-refractivity contribution in [3.63, 3.8) is 0 Å². The fourth-order valence-electron chi connectivity index (χ4n) is 4.13. The fraction of sp³-hybridized carbons (Fsp3) is 0.650. The topological polar surface area (TPSA) is 34.6 Å². The SMILES string of the molecule is CCCN1CC(C)=C(C)C2=C1N1CN(OCN3CCCCC3)C=C1C=N2. The summed E-state index contributed by atoms with van der Waals surface area (Å²) in [7, 11) is 0. The van der Waals surface area contributed by atoms with Gasteiger partial charge in [0.1, 0.15) is 24.9 Å². The summed E-state index contributed by atoms with van der Waals surface area (Å²) in [5, 5.41) is 1.97. The molecular formula is C20H31N5O. The Morgan fingerprint density at radius 1 is 1.15 bits per heavy atom. The minimum Gasteiger partial charge on any atom is -0.352 e. The third-order valence-electron chi connectivity index (χ3n) is 5.73. The Morgan fingerprint density at radius 3 is 2.73 bits per heavy atom. The molecule has 0 bridgehead atoms. The minimum atomic E-state index is 0.678. The zero-order chi connectivity index (χ0) is 18.1. The molecule has 1 fully saturated rings. The number of hydroxylamine groups is 2. The van der Waals surface area contributed by atoms with E-state index in [0.29, 0.717) is 6.73 Å². The summed E-state index contributed by atoms with van der Waals surface area (Å²) in [5.41, 5.74) is 4.97. The third-order valence-corrected chi connectivity index (χ3v) is 5.73. The average molecular weight is 358 g/mol. The predicted molar refractivity (Wildman–Crippen MR) is 104 cm³/mol. The Bertz CT molecular complexity index is 672. The van der Waals surface area contributed by atoms with E-state index in [2.05, 4.69) is 41.7 Å². The monoisotopic (exact) mass is 357 g/mol. The summed E-state index contributed by atoms with van der Waals surface area (Å²) in [6, 6.07) is 0. The second-order valence-corrected chi connectivity index (χ2v) is 7.73. The van der Waals surface area contributed by atoms with E-state index in [1.54, 1.807) is 0 Å². The zero-order valence-electron chi connectivity index (χ0n) is 16.4. The maximum absolute atomic E-state index is 6.08. The second kappa shape index (κ2) is 7.45. The fourth-order valence-corrected chi connectivity index (χ4v) is 4.13. The first-order valence-electron chi connectivity index (χ1n) is 9.98. The molecule has 0 aromatic heterocycles. The van der Waals surface area contributed by atoms with Gasteiger partial charge in [-0.15, -0.1) is 0 Å². The first-order valence-corrected chi connectivity index (χ1v) is 9.98. The van der Waals surface area contributed by atoms with Crippen molar-refractivity contribution in [1.82, 2.24) is 19.8 Å². The van der Waals surface area contributed by atoms with Gasteiger partial charge in [0, 0.05) is 26.2 Å². The summed E-state index contributed by atoms with van der Waals surface area (Å²) in [4.78, 5) is 18.1. The van der Waals surface area contributed by atoms with Gasteiger partial charge in [-0.1, -0.05) is 13.3 Å². The lowest BCUT2D eigenvalue weighted by Gasteiger charge is -2.40. The van der Waals surface area contributed by atoms with E-state index in [-0.39, 0.29) is 0 Å². The molecule has 0 aliphatic carbocycles. The van der Waals surface area contributed by atoms with Crippen LogP contribution in [0.2, 0.25) is 0 Å². The van der Waals surface area contributed by atoms with E-state index in [1.165, 1.54) is 36.2 Å². The molecule has 6 heteroatoms. The molecule has 6 nitrogen and oxygen atoms in total. The van der Waals surface area contributed by atoms with Crippen molar-refractivity contribution in [2.45, 2.75) is 46.5 Å². The lowest BCUT2D eigenvalue weighted by Crippen LogP contribution is -2.42. The molecule has 4 heterocycles. The molecule has 0 amide bonds. The molecule has 0 aromatic rings. The van der Waals surface area contributed by atoms with Gasteiger partial charge in [-0.25, -0.2) is 5.06 Å². The van der Waals surface area contributed by atoms with Crippen LogP contribution < -0.4 is 0 Å². The first-order chi connectivity index (χ1) is 12.7. The predicted octanol–water partition coefficient (Wildman–Crippen LogP) is 3.09. The lowest BCUT2D eigenvalue weighted by atomic mass is 10.0. The Morgan fingerprint density at radius 2 is 1.96 bits per heavy atom. The molecule has 142 valence electrons. The molecule has 4 aliphatic rings. The minimum absolute atomic E-state index is 0.678. The van der Waals surface area contributed by atoms with Crippen LogP contribution in [0.15, 0.2) is 39.6 Å². The number of nitrogens with zero attached hydrogens (tertiary/aromatic N) is 5. The number of piperidine rings is 1. The van der Waals surface area contributed by atoms with Gasteiger partial charge in [0.15, 0.2) is 0 Å². The van der Waals surface area contributed by atoms with Crippen LogP contribution in [0.25, 0.3) is 0 Å². The maximum atomic E-state index is 6.08. The molecule has 1 saturated heterocycles. The Labute approximate surface area is 157 Å². The van der Waals surface area contributed by atoms with Crippen LogP contribution in [0, 0.1) is 0 Å². The number of hydrogen-bond acceptors (Lipinski definition) is 6. The summed E-state index contributed by atoms with van der Waals surface area (Å²) in [6.07, 6.45) is 9.13. The van der Waals surface area contributed by atoms with Crippen molar-refractivity contribution in [2.24, 2.45) is 4.99 Å². The van der Waals surface area contributed by atoms with Crippen molar-refractivity contribution in [3.05, 3.63) is 34.6 Å². The molecule has 4 aliphatic heterocycles. The smallest absolute Gasteiger partial charge is 0.137 e. The molecule has 26 heavy (non-hydrogen) atoms. The highest BCUT2D eigenvalue weighted by molar-refractivity contribution is 5.82. The number of rotatable bonds is 5. The summed E-state index contributed by atoms with van der Waals surface area (Å²) >= 11 is 0. The molecule has 0 spiro atoms. The third kappa shape index (κ3) is 3.28. The lowest BCUT2D eigenvalue weighted by molar-refractivity contribution is -0.167. The molecule has 0 unspecified atom stereocenters. The van der Waals surface area contributed by atoms with Crippen molar-refractivity contribution in [1.29, 1.82) is 0 Å². The van der Waals surface area contributed by atoms with Crippen LogP contribution in [0.1, 0.15) is 46.5 Å². The first kappa shape index (κ1) is 17.6. The van der Waals surface area contributed by atoms with E-state index < -0.39 is 0 Å². The second-order valence-electron chi connectivity index (χ2n) is 7.73. The van der Waals surface area contributed by atoms with E-state index in [1.807, 2.05) is 11.3 Å². The summed E-state index contributed by atoms with van der Waals surface area (Å²) in [5.74, 6) is 1.24. The number of allylic oxidation sites excluding steroid dienone is 2. The van der Waals surface area contributed by atoms with Crippen LogP contribution in [-0.2, 0) is 4.84 Å². The molecule has 4 rings (SSSR count). The largest absolute Gasteiger partial charge is 0.352 e. The summed E-state index contributed by atoms with van der Waals surface area (Å²) < 4.78 is 0. The van der Waals surface area contributed by atoms with E-state index in [0.717, 1.165) is 50.7 Å². The van der Waals surface area contributed by atoms with E-state index >= 15 is 0 Å². The van der Waals surface area contributed by atoms with Gasteiger partial charge >= 0.3 is 0 Å².